The average Bonchev–Trinajstić information content (AvgIpc) is 3.16. The fourth-order valence-electron chi connectivity index (χ4n) is 3.50. The molecule has 0 aliphatic carbocycles. The molecule has 0 bridgehead atoms. The van der Waals surface area contributed by atoms with Crippen molar-refractivity contribution in [2.45, 2.75) is 37.5 Å². The van der Waals surface area contributed by atoms with Gasteiger partial charge in [-0.3, -0.25) is 4.79 Å². The lowest BCUT2D eigenvalue weighted by Gasteiger charge is -2.31. The summed E-state index contributed by atoms with van der Waals surface area (Å²) in [5, 5.41) is 3.70. The Morgan fingerprint density at radius 1 is 1.26 bits per heavy atom. The molecule has 150 valence electrons. The van der Waals surface area contributed by atoms with Gasteiger partial charge in [0.05, 0.1) is 17.8 Å². The molecule has 0 aromatic heterocycles. The first-order chi connectivity index (χ1) is 12.8. The molecule has 3 rings (SSSR count). The largest absolute Gasteiger partial charge is 0.376 e. The number of rotatable bonds is 6. The lowest BCUT2D eigenvalue weighted by Crippen LogP contribution is -2.46. The third-order valence-corrected chi connectivity index (χ3v) is 7.41. The Balaban J connectivity index is 1.59. The quantitative estimate of drug-likeness (QED) is 0.746. The van der Waals surface area contributed by atoms with Gasteiger partial charge in [0.2, 0.25) is 15.9 Å². The van der Waals surface area contributed by atoms with E-state index in [9.17, 15) is 13.2 Å². The van der Waals surface area contributed by atoms with Crippen molar-refractivity contribution in [3.63, 3.8) is 0 Å². The Bertz CT molecular complexity index is 782. The lowest BCUT2D eigenvalue weighted by atomic mass is 9.99. The number of sulfonamides is 1. The van der Waals surface area contributed by atoms with E-state index in [4.69, 9.17) is 27.9 Å². The summed E-state index contributed by atoms with van der Waals surface area (Å²) in [6.45, 7) is 1.85. The number of nitrogens with zero attached hydrogens (tertiary/aromatic N) is 1. The van der Waals surface area contributed by atoms with Crippen LogP contribution < -0.4 is 5.32 Å². The molecule has 1 aromatic carbocycles. The number of amides is 1. The maximum atomic E-state index is 12.8. The minimum absolute atomic E-state index is 0.0735. The molecule has 1 aromatic rings. The predicted octanol–water partition coefficient (Wildman–Crippen LogP) is 2.83. The van der Waals surface area contributed by atoms with Gasteiger partial charge in [-0.2, -0.15) is 0 Å². The third-order valence-electron chi connectivity index (χ3n) is 5.03. The number of benzene rings is 1. The van der Waals surface area contributed by atoms with Crippen molar-refractivity contribution in [1.82, 2.24) is 9.62 Å². The van der Waals surface area contributed by atoms with Crippen LogP contribution in [0.4, 0.5) is 0 Å². The molecule has 0 saturated carbocycles. The van der Waals surface area contributed by atoms with E-state index in [1.54, 1.807) is 12.1 Å². The molecule has 2 fully saturated rings. The van der Waals surface area contributed by atoms with Crippen LogP contribution in [0.5, 0.6) is 0 Å². The fraction of sp³-hybridized carbons (Fsp3) is 0.611. The molecule has 1 N–H and O–H groups in total. The van der Waals surface area contributed by atoms with E-state index < -0.39 is 10.0 Å². The van der Waals surface area contributed by atoms with Gasteiger partial charge in [0.25, 0.3) is 0 Å². The van der Waals surface area contributed by atoms with Gasteiger partial charge < -0.3 is 10.1 Å². The normalized spacial score (nSPS) is 24.1. The monoisotopic (exact) mass is 434 g/mol. The highest BCUT2D eigenvalue weighted by atomic mass is 35.5. The summed E-state index contributed by atoms with van der Waals surface area (Å²) >= 11 is 12.0. The maximum absolute atomic E-state index is 12.8. The molecule has 1 amide bonds. The zero-order chi connectivity index (χ0) is 19.4. The van der Waals surface area contributed by atoms with E-state index >= 15 is 0 Å². The Morgan fingerprint density at radius 2 is 2.07 bits per heavy atom. The van der Waals surface area contributed by atoms with Crippen LogP contribution in [0.3, 0.4) is 0 Å². The van der Waals surface area contributed by atoms with Gasteiger partial charge in [-0.25, -0.2) is 12.7 Å². The van der Waals surface area contributed by atoms with Crippen LogP contribution in [-0.2, 0) is 25.3 Å². The first-order valence-electron chi connectivity index (χ1n) is 9.16. The van der Waals surface area contributed by atoms with Crippen LogP contribution in [0.2, 0.25) is 10.0 Å². The number of hydrogen-bond acceptors (Lipinski definition) is 4. The van der Waals surface area contributed by atoms with Crippen molar-refractivity contribution in [2.24, 2.45) is 5.92 Å². The van der Waals surface area contributed by atoms with Crippen molar-refractivity contribution >= 4 is 39.1 Å². The smallest absolute Gasteiger partial charge is 0.224 e. The van der Waals surface area contributed by atoms with Crippen molar-refractivity contribution in [3.8, 4) is 0 Å². The molecule has 2 heterocycles. The average molecular weight is 435 g/mol. The van der Waals surface area contributed by atoms with Gasteiger partial charge in [-0.15, -0.1) is 0 Å². The van der Waals surface area contributed by atoms with Crippen molar-refractivity contribution < 1.29 is 17.9 Å². The molecule has 2 saturated heterocycles. The minimum atomic E-state index is -3.57. The second kappa shape index (κ2) is 9.09. The maximum Gasteiger partial charge on any atom is 0.224 e. The molecular weight excluding hydrogens is 411 g/mol. The van der Waals surface area contributed by atoms with Crippen molar-refractivity contribution in [3.05, 3.63) is 33.8 Å². The summed E-state index contributed by atoms with van der Waals surface area (Å²) in [4.78, 5) is 12.5. The predicted molar refractivity (Wildman–Crippen MR) is 105 cm³/mol. The van der Waals surface area contributed by atoms with Crippen LogP contribution in [0.1, 0.15) is 31.2 Å². The Labute approximate surface area is 170 Å². The number of halogens is 2. The third kappa shape index (κ3) is 5.57. The molecular formula is C18H24Cl2N2O4S. The van der Waals surface area contributed by atoms with Gasteiger partial charge in [0, 0.05) is 36.3 Å². The van der Waals surface area contributed by atoms with Crippen LogP contribution in [-0.4, -0.2) is 51.0 Å². The summed E-state index contributed by atoms with van der Waals surface area (Å²) in [6.07, 6.45) is 3.39. The van der Waals surface area contributed by atoms with E-state index in [1.807, 2.05) is 0 Å². The number of piperidine rings is 1. The van der Waals surface area contributed by atoms with Crippen molar-refractivity contribution in [2.75, 3.05) is 26.2 Å². The molecule has 2 aliphatic heterocycles. The highest BCUT2D eigenvalue weighted by Gasteiger charge is 2.33. The molecule has 2 aliphatic rings. The summed E-state index contributed by atoms with van der Waals surface area (Å²) in [7, 11) is -3.57. The number of carbonyl (C=O) groups is 1. The SMILES string of the molecule is O=C(NC[C@@H]1CCCO1)[C@@H]1CCCN(S(=O)(=O)Cc2ccc(Cl)cc2Cl)C1. The fourth-order valence-corrected chi connectivity index (χ4v) is 5.70. The van der Waals surface area contributed by atoms with Crippen molar-refractivity contribution in [1.29, 1.82) is 0 Å². The first kappa shape index (κ1) is 20.9. The molecule has 27 heavy (non-hydrogen) atoms. The van der Waals surface area contributed by atoms with E-state index in [2.05, 4.69) is 5.32 Å². The minimum Gasteiger partial charge on any atom is -0.376 e. The van der Waals surface area contributed by atoms with Crippen LogP contribution in [0, 0.1) is 5.92 Å². The molecule has 0 spiro atoms. The molecule has 6 nitrogen and oxygen atoms in total. The molecule has 0 unspecified atom stereocenters. The van der Waals surface area contributed by atoms with Gasteiger partial charge >= 0.3 is 0 Å². The summed E-state index contributed by atoms with van der Waals surface area (Å²) in [5.41, 5.74) is 0.506. The summed E-state index contributed by atoms with van der Waals surface area (Å²) in [6, 6.07) is 4.78. The molecule has 2 atom stereocenters. The first-order valence-corrected chi connectivity index (χ1v) is 11.5. The van der Waals surface area contributed by atoms with Gasteiger partial charge in [-0.05, 0) is 43.4 Å². The topological polar surface area (TPSA) is 75.7 Å². The lowest BCUT2D eigenvalue weighted by molar-refractivity contribution is -0.126. The zero-order valence-electron chi connectivity index (χ0n) is 15.0. The number of carbonyl (C=O) groups excluding carboxylic acids is 1. The standard InChI is InChI=1S/C18H24Cl2N2O4S/c19-15-6-5-14(17(20)9-15)12-27(24,25)22-7-1-3-13(11-22)18(23)21-10-16-4-2-8-26-16/h5-6,9,13,16H,1-4,7-8,10-12H2,(H,21,23)/t13-,16+/m1/s1. The Hall–Kier alpha value is -0.860. The Morgan fingerprint density at radius 3 is 2.78 bits per heavy atom. The van der Waals surface area contributed by atoms with Crippen LogP contribution >= 0.6 is 23.2 Å². The molecule has 0 radical (unpaired) electrons. The zero-order valence-corrected chi connectivity index (χ0v) is 17.3. The number of ether oxygens (including phenoxy) is 1. The summed E-state index contributed by atoms with van der Waals surface area (Å²) in [5.74, 6) is -0.640. The van der Waals surface area contributed by atoms with Gasteiger partial charge in [-0.1, -0.05) is 29.3 Å². The van der Waals surface area contributed by atoms with Gasteiger partial charge in [0.1, 0.15) is 0 Å². The number of hydrogen-bond donors (Lipinski definition) is 1. The highest BCUT2D eigenvalue weighted by molar-refractivity contribution is 7.88. The van der Waals surface area contributed by atoms with E-state index in [-0.39, 0.29) is 30.2 Å². The second-order valence-corrected chi connectivity index (χ2v) is 9.88. The van der Waals surface area contributed by atoms with Gasteiger partial charge in [0.15, 0.2) is 0 Å². The van der Waals surface area contributed by atoms with E-state index in [0.717, 1.165) is 19.4 Å². The Kier molecular flexibility index (Phi) is 7.03. The number of nitrogens with one attached hydrogen (secondary N) is 1. The van der Waals surface area contributed by atoms with Crippen LogP contribution in [0.15, 0.2) is 18.2 Å². The highest BCUT2D eigenvalue weighted by Crippen LogP contribution is 2.26. The van der Waals surface area contributed by atoms with E-state index in [1.165, 1.54) is 10.4 Å². The molecule has 9 heteroatoms. The summed E-state index contributed by atoms with van der Waals surface area (Å²) < 4.78 is 32.5. The second-order valence-electron chi connectivity index (χ2n) is 7.07. The van der Waals surface area contributed by atoms with E-state index in [0.29, 0.717) is 41.5 Å². The van der Waals surface area contributed by atoms with Crippen LogP contribution in [0.25, 0.3) is 0 Å².